The number of hydrogen-bond donors (Lipinski definition) is 1. The van der Waals surface area contributed by atoms with Crippen LogP contribution in [0.3, 0.4) is 0 Å². The van der Waals surface area contributed by atoms with Crippen LogP contribution in [-0.4, -0.2) is 47.9 Å². The van der Waals surface area contributed by atoms with Gasteiger partial charge in [-0.3, -0.25) is 4.79 Å². The number of aromatic nitrogens is 1. The lowest BCUT2D eigenvalue weighted by Gasteiger charge is -2.27. The predicted molar refractivity (Wildman–Crippen MR) is 137 cm³/mol. The van der Waals surface area contributed by atoms with Crippen molar-refractivity contribution in [3.05, 3.63) is 107 Å². The zero-order chi connectivity index (χ0) is 23.2. The van der Waals surface area contributed by atoms with Gasteiger partial charge in [0.25, 0.3) is 0 Å². The van der Waals surface area contributed by atoms with Crippen molar-refractivity contribution in [2.45, 2.75) is 18.9 Å². The third-order valence-electron chi connectivity index (χ3n) is 6.01. The minimum absolute atomic E-state index is 0.0926. The number of H-pyrrole nitrogens is 1. The third kappa shape index (κ3) is 5.84. The first-order chi connectivity index (χ1) is 16.0. The first-order valence-electron chi connectivity index (χ1n) is 11.3. The number of rotatable bonds is 9. The van der Waals surface area contributed by atoms with Crippen LogP contribution in [0.5, 0.6) is 0 Å². The summed E-state index contributed by atoms with van der Waals surface area (Å²) in [6, 6.07) is 26.3. The number of amides is 1. The summed E-state index contributed by atoms with van der Waals surface area (Å²) in [6.45, 7) is 2.09. The molecule has 4 rings (SSSR count). The Labute approximate surface area is 200 Å². The average Bonchev–Trinajstić information content (AvgIpc) is 3.24. The lowest BCUT2D eigenvalue weighted by atomic mass is 9.87. The molecule has 0 saturated carbocycles. The maximum absolute atomic E-state index is 13.7. The molecule has 4 aromatic rings. The zero-order valence-corrected chi connectivity index (χ0v) is 19.9. The van der Waals surface area contributed by atoms with E-state index >= 15 is 0 Å². The molecule has 1 aromatic heterocycles. The molecule has 1 heterocycles. The SMILES string of the molecule is CN(C)CCN(Cc1ccccc1)C(=O)CC(c1cccc(Cl)c1)c1c[nH]c2ccccc12. The van der Waals surface area contributed by atoms with E-state index in [1.165, 1.54) is 0 Å². The standard InChI is InChI=1S/C28H30ClN3O/c1-31(2)15-16-32(20-21-9-4-3-5-10-21)28(33)18-25(22-11-8-12-23(29)17-22)26-19-30-27-14-7-6-13-24(26)27/h3-14,17,19,25,30H,15-16,18,20H2,1-2H3. The minimum Gasteiger partial charge on any atom is -0.361 e. The molecule has 0 bridgehead atoms. The van der Waals surface area contributed by atoms with Gasteiger partial charge in [-0.15, -0.1) is 0 Å². The molecule has 3 aromatic carbocycles. The normalized spacial score (nSPS) is 12.2. The van der Waals surface area contributed by atoms with E-state index < -0.39 is 0 Å². The monoisotopic (exact) mass is 459 g/mol. The lowest BCUT2D eigenvalue weighted by molar-refractivity contribution is -0.132. The molecule has 5 heteroatoms. The van der Waals surface area contributed by atoms with E-state index in [-0.39, 0.29) is 11.8 Å². The van der Waals surface area contributed by atoms with E-state index in [0.29, 0.717) is 24.5 Å². The number of hydrogen-bond acceptors (Lipinski definition) is 2. The number of halogens is 1. The van der Waals surface area contributed by atoms with Crippen molar-refractivity contribution in [1.29, 1.82) is 0 Å². The number of likely N-dealkylation sites (N-methyl/N-ethyl adjacent to an activating group) is 1. The molecule has 0 aliphatic rings. The van der Waals surface area contributed by atoms with Crippen LogP contribution in [0.25, 0.3) is 10.9 Å². The largest absolute Gasteiger partial charge is 0.361 e. The molecule has 0 aliphatic carbocycles. The van der Waals surface area contributed by atoms with Gasteiger partial charge in [0.15, 0.2) is 0 Å². The summed E-state index contributed by atoms with van der Waals surface area (Å²) < 4.78 is 0. The second kappa shape index (κ2) is 10.7. The molecule has 1 amide bonds. The van der Waals surface area contributed by atoms with Crippen LogP contribution in [0.1, 0.15) is 29.0 Å². The molecule has 0 radical (unpaired) electrons. The Morgan fingerprint density at radius 3 is 2.45 bits per heavy atom. The maximum atomic E-state index is 13.7. The fourth-order valence-electron chi connectivity index (χ4n) is 4.23. The van der Waals surface area contributed by atoms with E-state index in [2.05, 4.69) is 40.2 Å². The number of carbonyl (C=O) groups excluding carboxylic acids is 1. The molecule has 170 valence electrons. The summed E-state index contributed by atoms with van der Waals surface area (Å²) in [4.78, 5) is 21.2. The second-order valence-corrected chi connectivity index (χ2v) is 9.14. The molecule has 0 aliphatic heterocycles. The van der Waals surface area contributed by atoms with Crippen molar-refractivity contribution in [3.8, 4) is 0 Å². The molecule has 0 saturated heterocycles. The topological polar surface area (TPSA) is 39.3 Å². The Kier molecular flexibility index (Phi) is 7.48. The molecule has 1 unspecified atom stereocenters. The molecular formula is C28H30ClN3O. The van der Waals surface area contributed by atoms with Crippen LogP contribution in [0.15, 0.2) is 85.1 Å². The summed E-state index contributed by atoms with van der Waals surface area (Å²) in [5.74, 6) is 0.0425. The number of carbonyl (C=O) groups is 1. The summed E-state index contributed by atoms with van der Waals surface area (Å²) in [5, 5.41) is 1.82. The average molecular weight is 460 g/mol. The van der Waals surface area contributed by atoms with Crippen molar-refractivity contribution in [3.63, 3.8) is 0 Å². The van der Waals surface area contributed by atoms with Gasteiger partial charge in [-0.05, 0) is 49.0 Å². The number of nitrogens with one attached hydrogen (secondary N) is 1. The van der Waals surface area contributed by atoms with Gasteiger partial charge >= 0.3 is 0 Å². The quantitative estimate of drug-likeness (QED) is 0.336. The lowest BCUT2D eigenvalue weighted by Crippen LogP contribution is -2.37. The highest BCUT2D eigenvalue weighted by Crippen LogP contribution is 2.35. The van der Waals surface area contributed by atoms with Crippen LogP contribution < -0.4 is 0 Å². The number of nitrogens with zero attached hydrogens (tertiary/aromatic N) is 2. The minimum atomic E-state index is -0.0926. The van der Waals surface area contributed by atoms with Crippen molar-refractivity contribution < 1.29 is 4.79 Å². The van der Waals surface area contributed by atoms with Crippen LogP contribution in [0.2, 0.25) is 5.02 Å². The van der Waals surface area contributed by atoms with Gasteiger partial charge in [0, 0.05) is 54.1 Å². The maximum Gasteiger partial charge on any atom is 0.223 e. The summed E-state index contributed by atoms with van der Waals surface area (Å²) in [5.41, 5.74) is 4.37. The van der Waals surface area contributed by atoms with Crippen molar-refractivity contribution in [1.82, 2.24) is 14.8 Å². The van der Waals surface area contributed by atoms with Gasteiger partial charge in [-0.25, -0.2) is 0 Å². The fourth-order valence-corrected chi connectivity index (χ4v) is 4.43. The molecule has 4 nitrogen and oxygen atoms in total. The highest BCUT2D eigenvalue weighted by molar-refractivity contribution is 6.30. The first-order valence-corrected chi connectivity index (χ1v) is 11.7. The predicted octanol–water partition coefficient (Wildman–Crippen LogP) is 5.93. The summed E-state index contributed by atoms with van der Waals surface area (Å²) >= 11 is 6.35. The van der Waals surface area contributed by atoms with Gasteiger partial charge in [-0.2, -0.15) is 0 Å². The van der Waals surface area contributed by atoms with Crippen LogP contribution in [-0.2, 0) is 11.3 Å². The zero-order valence-electron chi connectivity index (χ0n) is 19.2. The smallest absolute Gasteiger partial charge is 0.223 e. The second-order valence-electron chi connectivity index (χ2n) is 8.71. The van der Waals surface area contributed by atoms with Crippen molar-refractivity contribution >= 4 is 28.4 Å². The van der Waals surface area contributed by atoms with Gasteiger partial charge in [0.05, 0.1) is 0 Å². The molecule has 0 spiro atoms. The van der Waals surface area contributed by atoms with Crippen LogP contribution in [0, 0.1) is 0 Å². The van der Waals surface area contributed by atoms with Crippen molar-refractivity contribution in [2.75, 3.05) is 27.2 Å². The van der Waals surface area contributed by atoms with E-state index in [1.54, 1.807) is 0 Å². The van der Waals surface area contributed by atoms with E-state index in [9.17, 15) is 4.79 Å². The number of aromatic amines is 1. The molecule has 1 N–H and O–H groups in total. The number of para-hydroxylation sites is 1. The number of fused-ring (bicyclic) bond motifs is 1. The third-order valence-corrected chi connectivity index (χ3v) is 6.25. The van der Waals surface area contributed by atoms with E-state index in [0.717, 1.165) is 34.1 Å². The van der Waals surface area contributed by atoms with Gasteiger partial charge in [-0.1, -0.05) is 72.3 Å². The number of benzene rings is 3. The van der Waals surface area contributed by atoms with E-state index in [4.69, 9.17) is 11.6 Å². The van der Waals surface area contributed by atoms with Crippen LogP contribution >= 0.6 is 11.6 Å². The Hall–Kier alpha value is -3.08. The summed E-state index contributed by atoms with van der Waals surface area (Å²) in [7, 11) is 4.07. The highest BCUT2D eigenvalue weighted by Gasteiger charge is 2.25. The highest BCUT2D eigenvalue weighted by atomic mass is 35.5. The molecule has 1 atom stereocenters. The van der Waals surface area contributed by atoms with Gasteiger partial charge in [0.2, 0.25) is 5.91 Å². The van der Waals surface area contributed by atoms with E-state index in [1.807, 2.05) is 73.7 Å². The van der Waals surface area contributed by atoms with Gasteiger partial charge in [0.1, 0.15) is 0 Å². The fraction of sp³-hybridized carbons (Fsp3) is 0.250. The summed E-state index contributed by atoms with van der Waals surface area (Å²) in [6.07, 6.45) is 2.41. The Morgan fingerprint density at radius 2 is 1.70 bits per heavy atom. The molecular weight excluding hydrogens is 430 g/mol. The van der Waals surface area contributed by atoms with Crippen LogP contribution in [0.4, 0.5) is 0 Å². The van der Waals surface area contributed by atoms with Gasteiger partial charge < -0.3 is 14.8 Å². The Morgan fingerprint density at radius 1 is 0.939 bits per heavy atom. The Bertz CT molecular complexity index is 1200. The van der Waals surface area contributed by atoms with Crippen molar-refractivity contribution in [2.24, 2.45) is 0 Å². The first kappa shape index (κ1) is 23.1. The Balaban J connectivity index is 1.66. The molecule has 33 heavy (non-hydrogen) atoms. The molecule has 0 fully saturated rings.